The molecule has 2 aromatic rings. The number of benzene rings is 1. The summed E-state index contributed by atoms with van der Waals surface area (Å²) in [5.74, 6) is 0.541. The van der Waals surface area contributed by atoms with Crippen LogP contribution in [0.3, 0.4) is 0 Å². The molecular formula is C16H15N3O4. The average molecular weight is 313 g/mol. The smallest absolute Gasteiger partial charge is 0.271 e. The minimum absolute atomic E-state index is 0.115. The molecule has 0 aliphatic carbocycles. The Balaban J connectivity index is 1.54. The van der Waals surface area contributed by atoms with E-state index in [4.69, 9.17) is 9.47 Å². The minimum atomic E-state index is -0.423. The van der Waals surface area contributed by atoms with E-state index in [1.54, 1.807) is 36.5 Å². The van der Waals surface area contributed by atoms with Crippen LogP contribution in [0.4, 0.5) is 0 Å². The van der Waals surface area contributed by atoms with Crippen LogP contribution in [-0.4, -0.2) is 30.0 Å². The van der Waals surface area contributed by atoms with Crippen LogP contribution in [0.2, 0.25) is 0 Å². The lowest BCUT2D eigenvalue weighted by Crippen LogP contribution is -2.42. The van der Waals surface area contributed by atoms with E-state index < -0.39 is 5.91 Å². The molecule has 7 heteroatoms. The van der Waals surface area contributed by atoms with E-state index in [1.807, 2.05) is 0 Å². The Bertz CT molecular complexity index is 719. The van der Waals surface area contributed by atoms with Gasteiger partial charge in [0.25, 0.3) is 5.91 Å². The monoisotopic (exact) mass is 313 g/mol. The number of hydrazine groups is 1. The van der Waals surface area contributed by atoms with Crippen molar-refractivity contribution in [2.75, 3.05) is 13.2 Å². The SMILES string of the molecule is O=C(Cc1ccc2c(c1)OCCO2)NNC(=O)c1cccnc1. The van der Waals surface area contributed by atoms with Crippen LogP contribution >= 0.6 is 0 Å². The number of amides is 2. The van der Waals surface area contributed by atoms with Crippen molar-refractivity contribution in [1.29, 1.82) is 0 Å². The molecule has 2 heterocycles. The van der Waals surface area contributed by atoms with Gasteiger partial charge in [0.15, 0.2) is 11.5 Å². The molecule has 0 radical (unpaired) electrons. The number of hydrogen-bond donors (Lipinski definition) is 2. The average Bonchev–Trinajstić information content (AvgIpc) is 2.60. The molecular weight excluding hydrogens is 298 g/mol. The molecule has 23 heavy (non-hydrogen) atoms. The molecule has 2 N–H and O–H groups in total. The van der Waals surface area contributed by atoms with Crippen LogP contribution in [0.1, 0.15) is 15.9 Å². The first-order valence-corrected chi connectivity index (χ1v) is 7.10. The molecule has 0 spiro atoms. The van der Waals surface area contributed by atoms with Crippen molar-refractivity contribution in [3.05, 3.63) is 53.9 Å². The first kappa shape index (κ1) is 14.8. The van der Waals surface area contributed by atoms with E-state index in [0.29, 0.717) is 30.3 Å². The van der Waals surface area contributed by atoms with Crippen LogP contribution in [-0.2, 0) is 11.2 Å². The van der Waals surface area contributed by atoms with Gasteiger partial charge in [-0.2, -0.15) is 0 Å². The number of rotatable bonds is 3. The second-order valence-corrected chi connectivity index (χ2v) is 4.90. The maximum Gasteiger partial charge on any atom is 0.271 e. The van der Waals surface area contributed by atoms with Gasteiger partial charge < -0.3 is 9.47 Å². The first-order valence-electron chi connectivity index (χ1n) is 7.10. The van der Waals surface area contributed by atoms with Crippen molar-refractivity contribution in [1.82, 2.24) is 15.8 Å². The van der Waals surface area contributed by atoms with Crippen molar-refractivity contribution in [3.8, 4) is 11.5 Å². The van der Waals surface area contributed by atoms with E-state index >= 15 is 0 Å². The number of pyridine rings is 1. The molecule has 1 aromatic heterocycles. The summed E-state index contributed by atoms with van der Waals surface area (Å²) in [6.07, 6.45) is 3.10. The summed E-state index contributed by atoms with van der Waals surface area (Å²) in [6.45, 7) is 1.01. The summed E-state index contributed by atoms with van der Waals surface area (Å²) in [7, 11) is 0. The molecule has 118 valence electrons. The van der Waals surface area contributed by atoms with Crippen molar-refractivity contribution in [2.45, 2.75) is 6.42 Å². The fourth-order valence-corrected chi connectivity index (χ4v) is 2.12. The highest BCUT2D eigenvalue weighted by molar-refractivity contribution is 5.95. The van der Waals surface area contributed by atoms with Crippen molar-refractivity contribution >= 4 is 11.8 Å². The number of nitrogens with zero attached hydrogens (tertiary/aromatic N) is 1. The van der Waals surface area contributed by atoms with Crippen LogP contribution in [0, 0.1) is 0 Å². The van der Waals surface area contributed by atoms with Crippen LogP contribution < -0.4 is 20.3 Å². The summed E-state index contributed by atoms with van der Waals surface area (Å²) >= 11 is 0. The van der Waals surface area contributed by atoms with Gasteiger partial charge in [-0.1, -0.05) is 6.07 Å². The number of ether oxygens (including phenoxy) is 2. The largest absolute Gasteiger partial charge is 0.486 e. The lowest BCUT2D eigenvalue weighted by molar-refractivity contribution is -0.121. The highest BCUT2D eigenvalue weighted by Gasteiger charge is 2.13. The summed E-state index contributed by atoms with van der Waals surface area (Å²) in [4.78, 5) is 27.5. The molecule has 1 aliphatic heterocycles. The lowest BCUT2D eigenvalue weighted by atomic mass is 10.1. The van der Waals surface area contributed by atoms with Crippen LogP contribution in [0.5, 0.6) is 11.5 Å². The molecule has 1 aliphatic rings. The number of hydrogen-bond acceptors (Lipinski definition) is 5. The number of fused-ring (bicyclic) bond motifs is 1. The maximum atomic E-state index is 11.9. The Morgan fingerprint density at radius 1 is 1.09 bits per heavy atom. The second-order valence-electron chi connectivity index (χ2n) is 4.90. The van der Waals surface area contributed by atoms with Gasteiger partial charge in [0, 0.05) is 12.4 Å². The number of carbonyl (C=O) groups is 2. The summed E-state index contributed by atoms with van der Waals surface area (Å²) in [6, 6.07) is 8.57. The van der Waals surface area contributed by atoms with Crippen molar-refractivity contribution < 1.29 is 19.1 Å². The van der Waals surface area contributed by atoms with Gasteiger partial charge in [0.05, 0.1) is 12.0 Å². The Labute approximate surface area is 132 Å². The topological polar surface area (TPSA) is 89.5 Å². The Morgan fingerprint density at radius 3 is 2.70 bits per heavy atom. The highest BCUT2D eigenvalue weighted by atomic mass is 16.6. The first-order chi connectivity index (χ1) is 11.2. The van der Waals surface area contributed by atoms with E-state index in [1.165, 1.54) is 6.20 Å². The maximum absolute atomic E-state index is 11.9. The molecule has 3 rings (SSSR count). The third-order valence-electron chi connectivity index (χ3n) is 3.21. The zero-order chi connectivity index (χ0) is 16.1. The second kappa shape index (κ2) is 6.78. The van der Waals surface area contributed by atoms with Gasteiger partial charge in [-0.25, -0.2) is 0 Å². The van der Waals surface area contributed by atoms with Gasteiger partial charge in [-0.15, -0.1) is 0 Å². The van der Waals surface area contributed by atoms with Gasteiger partial charge >= 0.3 is 0 Å². The van der Waals surface area contributed by atoms with Gasteiger partial charge in [0.2, 0.25) is 5.91 Å². The van der Waals surface area contributed by atoms with Gasteiger partial charge in [0.1, 0.15) is 13.2 Å². The van der Waals surface area contributed by atoms with Gasteiger partial charge in [-0.05, 0) is 29.8 Å². The Kier molecular flexibility index (Phi) is 4.37. The van der Waals surface area contributed by atoms with Crippen molar-refractivity contribution in [3.63, 3.8) is 0 Å². The normalized spacial score (nSPS) is 12.3. The molecule has 0 fully saturated rings. The molecule has 0 bridgehead atoms. The molecule has 1 aromatic carbocycles. The zero-order valence-electron chi connectivity index (χ0n) is 12.2. The highest BCUT2D eigenvalue weighted by Crippen LogP contribution is 2.30. The summed E-state index contributed by atoms with van der Waals surface area (Å²) in [5, 5.41) is 0. The predicted octanol–water partition coefficient (Wildman–Crippen LogP) is 0.856. The molecule has 0 saturated carbocycles. The van der Waals surface area contributed by atoms with Gasteiger partial charge in [-0.3, -0.25) is 25.4 Å². The molecule has 2 amide bonds. The Hall–Kier alpha value is -3.09. The predicted molar refractivity (Wildman–Crippen MR) is 81.0 cm³/mol. The van der Waals surface area contributed by atoms with E-state index in [0.717, 1.165) is 5.56 Å². The summed E-state index contributed by atoms with van der Waals surface area (Å²) < 4.78 is 10.9. The van der Waals surface area contributed by atoms with E-state index in [9.17, 15) is 9.59 Å². The summed E-state index contributed by atoms with van der Waals surface area (Å²) in [5.41, 5.74) is 5.85. The van der Waals surface area contributed by atoms with Crippen LogP contribution in [0.25, 0.3) is 0 Å². The van der Waals surface area contributed by atoms with E-state index in [2.05, 4.69) is 15.8 Å². The lowest BCUT2D eigenvalue weighted by Gasteiger charge is -2.18. The molecule has 0 atom stereocenters. The molecule has 0 saturated heterocycles. The third-order valence-corrected chi connectivity index (χ3v) is 3.21. The number of nitrogens with one attached hydrogen (secondary N) is 2. The molecule has 0 unspecified atom stereocenters. The minimum Gasteiger partial charge on any atom is -0.486 e. The van der Waals surface area contributed by atoms with Crippen LogP contribution in [0.15, 0.2) is 42.7 Å². The third kappa shape index (κ3) is 3.76. The quantitative estimate of drug-likeness (QED) is 0.820. The standard InChI is InChI=1S/C16H15N3O4/c20-15(18-19-16(21)12-2-1-5-17-10-12)9-11-3-4-13-14(8-11)23-7-6-22-13/h1-5,8,10H,6-7,9H2,(H,18,20)(H,19,21). The zero-order valence-corrected chi connectivity index (χ0v) is 12.2. The Morgan fingerprint density at radius 2 is 1.91 bits per heavy atom. The number of aromatic nitrogens is 1. The fourth-order valence-electron chi connectivity index (χ4n) is 2.12. The van der Waals surface area contributed by atoms with E-state index in [-0.39, 0.29) is 12.3 Å². The number of carbonyl (C=O) groups excluding carboxylic acids is 2. The fraction of sp³-hybridized carbons (Fsp3) is 0.188. The van der Waals surface area contributed by atoms with Crippen molar-refractivity contribution in [2.24, 2.45) is 0 Å². The molecule has 7 nitrogen and oxygen atoms in total.